The van der Waals surface area contributed by atoms with Crippen molar-refractivity contribution in [3.63, 3.8) is 0 Å². The zero-order valence-electron chi connectivity index (χ0n) is 22.9. The summed E-state index contributed by atoms with van der Waals surface area (Å²) in [5.74, 6) is 2.75. The van der Waals surface area contributed by atoms with E-state index >= 15 is 0 Å². The van der Waals surface area contributed by atoms with Gasteiger partial charge in [-0.15, -0.1) is 0 Å². The Balaban J connectivity index is 0.00000648. The summed E-state index contributed by atoms with van der Waals surface area (Å²) in [5.41, 5.74) is 3.08. The number of hydrogen-bond donors (Lipinski definition) is 0. The zero-order chi connectivity index (χ0) is 25.6. The molecule has 0 heterocycles. The van der Waals surface area contributed by atoms with Gasteiger partial charge in [0.25, 0.3) is 0 Å². The molecule has 0 aromatic heterocycles. The van der Waals surface area contributed by atoms with E-state index in [0.717, 1.165) is 52.9 Å². The van der Waals surface area contributed by atoms with Gasteiger partial charge in [-0.25, -0.2) is 0 Å². The third kappa shape index (κ3) is 10.6. The van der Waals surface area contributed by atoms with Crippen LogP contribution in [0.2, 0.25) is 0 Å². The first kappa shape index (κ1) is 32.8. The maximum atomic E-state index is 13.3. The minimum absolute atomic E-state index is 0. The van der Waals surface area contributed by atoms with E-state index in [1.807, 2.05) is 50.2 Å². The second-order valence-electron chi connectivity index (χ2n) is 9.83. The van der Waals surface area contributed by atoms with Crippen LogP contribution in [0.3, 0.4) is 0 Å². The van der Waals surface area contributed by atoms with Crippen molar-refractivity contribution in [2.24, 2.45) is 11.8 Å². The van der Waals surface area contributed by atoms with Crippen LogP contribution in [-0.2, 0) is 0 Å². The van der Waals surface area contributed by atoms with Gasteiger partial charge in [0.2, 0.25) is 0 Å². The SMILES string of the molecule is CCCCC(CC)COc1ccc(PC(=O)c2c(C)cccc2C)c(OCC(CC)CCCC)c1.[LiH]. The van der Waals surface area contributed by atoms with E-state index in [1.54, 1.807) is 0 Å². The van der Waals surface area contributed by atoms with Crippen LogP contribution in [0.1, 0.15) is 101 Å². The summed E-state index contributed by atoms with van der Waals surface area (Å²) >= 11 is 0. The molecule has 2 aromatic rings. The van der Waals surface area contributed by atoms with Crippen molar-refractivity contribution in [1.82, 2.24) is 0 Å². The number of carbonyl (C=O) groups is 1. The van der Waals surface area contributed by atoms with Crippen LogP contribution < -0.4 is 14.8 Å². The summed E-state index contributed by atoms with van der Waals surface area (Å²) in [6.07, 6.45) is 9.50. The quantitative estimate of drug-likeness (QED) is 0.161. The number of ether oxygens (including phenoxy) is 2. The third-order valence-electron chi connectivity index (χ3n) is 6.96. The first-order valence-electron chi connectivity index (χ1n) is 13.7. The fraction of sp³-hybridized carbons (Fsp3) is 0.581. The van der Waals surface area contributed by atoms with Crippen molar-refractivity contribution in [2.45, 2.75) is 92.9 Å². The van der Waals surface area contributed by atoms with E-state index in [1.165, 1.54) is 38.5 Å². The maximum absolute atomic E-state index is 13.3. The van der Waals surface area contributed by atoms with E-state index in [-0.39, 0.29) is 33.0 Å². The fourth-order valence-electron chi connectivity index (χ4n) is 4.39. The van der Waals surface area contributed by atoms with Crippen LogP contribution in [0.4, 0.5) is 0 Å². The fourth-order valence-corrected chi connectivity index (χ4v) is 5.59. The Bertz CT molecular complexity index is 894. The average Bonchev–Trinajstić information content (AvgIpc) is 2.85. The Hall–Kier alpha value is -1.26. The molecule has 0 radical (unpaired) electrons. The Labute approximate surface area is 234 Å². The molecule has 0 aliphatic carbocycles. The number of hydrogen-bond acceptors (Lipinski definition) is 3. The van der Waals surface area contributed by atoms with Crippen LogP contribution in [0.25, 0.3) is 0 Å². The molecule has 3 atom stereocenters. The predicted molar refractivity (Wildman–Crippen MR) is 159 cm³/mol. The van der Waals surface area contributed by atoms with Gasteiger partial charge in [0, 0.05) is 16.9 Å². The predicted octanol–water partition coefficient (Wildman–Crippen LogP) is 7.99. The molecule has 2 aromatic carbocycles. The van der Waals surface area contributed by atoms with Gasteiger partial charge in [0.05, 0.1) is 13.2 Å². The first-order valence-corrected chi connectivity index (χ1v) is 14.7. The van der Waals surface area contributed by atoms with Crippen LogP contribution in [0.5, 0.6) is 11.5 Å². The normalized spacial score (nSPS) is 12.8. The van der Waals surface area contributed by atoms with E-state index in [9.17, 15) is 4.79 Å². The molecule has 0 saturated heterocycles. The Kier molecular flexibility index (Phi) is 16.4. The van der Waals surface area contributed by atoms with E-state index in [0.29, 0.717) is 18.4 Å². The van der Waals surface area contributed by atoms with Gasteiger partial charge < -0.3 is 9.47 Å². The molecule has 0 aliphatic rings. The van der Waals surface area contributed by atoms with Gasteiger partial charge in [0.1, 0.15) is 11.5 Å². The number of rotatable bonds is 17. The molecule has 5 heteroatoms. The Morgan fingerprint density at radius 2 is 1.39 bits per heavy atom. The molecule has 0 amide bonds. The van der Waals surface area contributed by atoms with E-state index in [2.05, 4.69) is 27.7 Å². The van der Waals surface area contributed by atoms with E-state index < -0.39 is 0 Å². The summed E-state index contributed by atoms with van der Waals surface area (Å²) in [4.78, 5) is 13.3. The average molecular weight is 507 g/mol. The molecular weight excluding hydrogens is 458 g/mol. The van der Waals surface area contributed by atoms with E-state index in [4.69, 9.17) is 9.47 Å². The van der Waals surface area contributed by atoms with Crippen LogP contribution >= 0.6 is 8.58 Å². The van der Waals surface area contributed by atoms with Gasteiger partial charge in [-0.2, -0.15) is 0 Å². The second-order valence-corrected chi connectivity index (χ2v) is 11.1. The van der Waals surface area contributed by atoms with Gasteiger partial charge in [0.15, 0.2) is 5.52 Å². The van der Waals surface area contributed by atoms with Crippen molar-refractivity contribution in [3.05, 3.63) is 53.1 Å². The van der Waals surface area contributed by atoms with Gasteiger partial charge in [-0.3, -0.25) is 4.79 Å². The van der Waals surface area contributed by atoms with Crippen LogP contribution in [0.15, 0.2) is 36.4 Å². The number of benzene rings is 2. The summed E-state index contributed by atoms with van der Waals surface area (Å²) in [6.45, 7) is 14.4. The molecule has 3 nitrogen and oxygen atoms in total. The Morgan fingerprint density at radius 3 is 1.92 bits per heavy atom. The molecule has 36 heavy (non-hydrogen) atoms. The molecule has 2 rings (SSSR count). The molecule has 3 unspecified atom stereocenters. The standard InChI is InChI=1S/C31H47O3P.Li.H/c1-7-11-16-25(9-3)21-33-27-18-19-29(28(20-27)34-22-26(10-4)17-12-8-2)35-31(32)30-23(5)14-13-15-24(30)6;;/h13-15,18-20,25-26,35H,7-12,16-17,21-22H2,1-6H3;;. The molecule has 0 N–H and O–H groups in total. The van der Waals surface area contributed by atoms with Crippen LogP contribution in [0, 0.1) is 25.7 Å². The van der Waals surface area contributed by atoms with Gasteiger partial charge in [-0.05, 0) is 70.4 Å². The zero-order valence-corrected chi connectivity index (χ0v) is 23.9. The minimum atomic E-state index is 0. The molecule has 0 spiro atoms. The first-order chi connectivity index (χ1) is 16.9. The molecule has 0 fully saturated rings. The summed E-state index contributed by atoms with van der Waals surface area (Å²) in [5, 5.41) is 0.966. The topological polar surface area (TPSA) is 35.5 Å². The van der Waals surface area contributed by atoms with Crippen molar-refractivity contribution in [2.75, 3.05) is 13.2 Å². The molecule has 0 bridgehead atoms. The summed E-state index contributed by atoms with van der Waals surface area (Å²) in [7, 11) is 0.0266. The third-order valence-corrected chi connectivity index (χ3v) is 8.12. The molecule has 0 saturated carbocycles. The van der Waals surface area contributed by atoms with Gasteiger partial charge in [-0.1, -0.05) is 84.4 Å². The Morgan fingerprint density at radius 1 is 0.833 bits per heavy atom. The summed E-state index contributed by atoms with van der Waals surface area (Å²) < 4.78 is 12.6. The van der Waals surface area contributed by atoms with Crippen molar-refractivity contribution < 1.29 is 14.3 Å². The van der Waals surface area contributed by atoms with Crippen molar-refractivity contribution in [1.29, 1.82) is 0 Å². The second kappa shape index (κ2) is 18.1. The molecular formula is C31H48LiO3P. The van der Waals surface area contributed by atoms with Crippen molar-refractivity contribution >= 4 is 38.3 Å². The summed E-state index contributed by atoms with van der Waals surface area (Å²) in [6, 6.07) is 12.1. The number of carbonyl (C=O) groups excluding carboxylic acids is 1. The van der Waals surface area contributed by atoms with Gasteiger partial charge >= 0.3 is 18.9 Å². The molecule has 0 aliphatic heterocycles. The monoisotopic (exact) mass is 506 g/mol. The number of aryl methyl sites for hydroxylation is 2. The number of unbranched alkanes of at least 4 members (excludes halogenated alkanes) is 2. The van der Waals surface area contributed by atoms with Crippen molar-refractivity contribution in [3.8, 4) is 11.5 Å². The molecule has 196 valence electrons. The van der Waals surface area contributed by atoms with Crippen LogP contribution in [-0.4, -0.2) is 37.6 Å².